The predicted molar refractivity (Wildman–Crippen MR) is 134 cm³/mol. The molecule has 2 fully saturated rings. The Hall–Kier alpha value is -0.170. The first kappa shape index (κ1) is 27.9. The highest BCUT2D eigenvalue weighted by molar-refractivity contribution is 14.0. The third-order valence-corrected chi connectivity index (χ3v) is 6.94. The van der Waals surface area contributed by atoms with Crippen LogP contribution in [0.5, 0.6) is 0 Å². The molecule has 1 heterocycles. The second-order valence-electron chi connectivity index (χ2n) is 8.54. The van der Waals surface area contributed by atoms with E-state index in [9.17, 15) is 8.42 Å². The minimum absolute atomic E-state index is 0. The number of halogens is 1. The minimum atomic E-state index is -3.25. The van der Waals surface area contributed by atoms with Crippen LogP contribution in [0.4, 0.5) is 0 Å². The van der Waals surface area contributed by atoms with Gasteiger partial charge in [-0.25, -0.2) is 13.1 Å². The molecule has 0 aromatic rings. The van der Waals surface area contributed by atoms with Crippen LogP contribution in [0.2, 0.25) is 0 Å². The van der Waals surface area contributed by atoms with Gasteiger partial charge in [0.05, 0.1) is 25.5 Å². The van der Waals surface area contributed by atoms with Gasteiger partial charge in [0.25, 0.3) is 0 Å². The molecule has 0 bridgehead atoms. The molecule has 2 aliphatic rings. The second kappa shape index (κ2) is 14.8. The molecular formula is C20H42IN5O3S. The van der Waals surface area contributed by atoms with Crippen molar-refractivity contribution in [2.45, 2.75) is 52.5 Å². The van der Waals surface area contributed by atoms with Crippen LogP contribution in [-0.2, 0) is 14.8 Å². The second-order valence-corrected chi connectivity index (χ2v) is 10.5. The fourth-order valence-electron chi connectivity index (χ4n) is 3.68. The summed E-state index contributed by atoms with van der Waals surface area (Å²) >= 11 is 0. The molecule has 1 saturated heterocycles. The van der Waals surface area contributed by atoms with E-state index < -0.39 is 10.0 Å². The third kappa shape index (κ3) is 10.9. The van der Waals surface area contributed by atoms with Crippen molar-refractivity contribution in [1.82, 2.24) is 20.3 Å². The van der Waals surface area contributed by atoms with Crippen molar-refractivity contribution < 1.29 is 13.2 Å². The number of morpholine rings is 1. The summed E-state index contributed by atoms with van der Waals surface area (Å²) in [6.07, 6.45) is 4.58. The normalized spacial score (nSPS) is 19.8. The first-order chi connectivity index (χ1) is 13.9. The quantitative estimate of drug-likeness (QED) is 0.191. The minimum Gasteiger partial charge on any atom is -0.379 e. The highest BCUT2D eigenvalue weighted by Crippen LogP contribution is 2.25. The summed E-state index contributed by atoms with van der Waals surface area (Å²) in [5.41, 5.74) is 0. The van der Waals surface area contributed by atoms with Gasteiger partial charge in [-0.15, -0.1) is 24.0 Å². The summed E-state index contributed by atoms with van der Waals surface area (Å²) in [5.74, 6) is 1.86. The predicted octanol–water partition coefficient (Wildman–Crippen LogP) is 1.63. The molecule has 8 nitrogen and oxygen atoms in total. The molecule has 1 atom stereocenters. The lowest BCUT2D eigenvalue weighted by Crippen LogP contribution is -2.47. The van der Waals surface area contributed by atoms with E-state index in [0.29, 0.717) is 43.5 Å². The number of nitrogens with zero attached hydrogens (tertiary/aromatic N) is 2. The number of sulfonamides is 1. The monoisotopic (exact) mass is 559 g/mol. The number of nitrogens with one attached hydrogen (secondary N) is 3. The molecule has 0 aromatic carbocycles. The molecule has 3 N–H and O–H groups in total. The lowest BCUT2D eigenvalue weighted by Gasteiger charge is -2.34. The number of aliphatic imine (C=N–C) groups is 1. The molecule has 0 spiro atoms. The van der Waals surface area contributed by atoms with Gasteiger partial charge in [-0.1, -0.05) is 20.3 Å². The fourth-order valence-corrected chi connectivity index (χ4v) is 4.69. The maximum Gasteiger partial charge on any atom is 0.213 e. The zero-order valence-corrected chi connectivity index (χ0v) is 22.0. The Kier molecular flexibility index (Phi) is 13.8. The van der Waals surface area contributed by atoms with E-state index in [0.717, 1.165) is 52.1 Å². The maximum absolute atomic E-state index is 12.2. The molecular weight excluding hydrogens is 517 g/mol. The van der Waals surface area contributed by atoms with Gasteiger partial charge >= 0.3 is 0 Å². The van der Waals surface area contributed by atoms with Crippen molar-refractivity contribution in [2.24, 2.45) is 16.8 Å². The summed E-state index contributed by atoms with van der Waals surface area (Å²) in [6, 6.07) is 0.377. The fraction of sp³-hybridized carbons (Fsp3) is 0.950. The number of ether oxygens (including phenoxy) is 1. The Morgan fingerprint density at radius 3 is 2.47 bits per heavy atom. The van der Waals surface area contributed by atoms with Crippen molar-refractivity contribution in [1.29, 1.82) is 0 Å². The summed E-state index contributed by atoms with van der Waals surface area (Å²) in [5, 5.41) is 6.41. The highest BCUT2D eigenvalue weighted by Gasteiger charge is 2.22. The number of rotatable bonds is 12. The average Bonchev–Trinajstić information content (AvgIpc) is 2.64. The molecule has 1 aliphatic carbocycles. The van der Waals surface area contributed by atoms with Crippen LogP contribution in [0, 0.1) is 11.8 Å². The first-order valence-corrected chi connectivity index (χ1v) is 12.9. The lowest BCUT2D eigenvalue weighted by molar-refractivity contribution is 0.0143. The van der Waals surface area contributed by atoms with Gasteiger partial charge in [-0.2, -0.15) is 0 Å². The molecule has 2 rings (SSSR count). The number of guanidine groups is 1. The summed E-state index contributed by atoms with van der Waals surface area (Å²) < 4.78 is 32.6. The van der Waals surface area contributed by atoms with E-state index in [4.69, 9.17) is 9.73 Å². The van der Waals surface area contributed by atoms with Gasteiger partial charge in [0.2, 0.25) is 10.0 Å². The van der Waals surface area contributed by atoms with Crippen LogP contribution in [0.25, 0.3) is 0 Å². The summed E-state index contributed by atoms with van der Waals surface area (Å²) in [6.45, 7) is 12.3. The molecule has 1 aliphatic heterocycles. The van der Waals surface area contributed by atoms with E-state index in [1.54, 1.807) is 0 Å². The zero-order valence-electron chi connectivity index (χ0n) is 18.9. The molecule has 178 valence electrons. The van der Waals surface area contributed by atoms with Crippen LogP contribution in [0.1, 0.15) is 46.5 Å². The lowest BCUT2D eigenvalue weighted by atomic mass is 9.86. The highest BCUT2D eigenvalue weighted by atomic mass is 127. The standard InChI is InChI=1S/C20H41N5O3S.HI/c1-4-21-20(22-8-13-29(26,27)24-15-18-6-5-7-18)23-16-19(14-17(2)3)25-9-11-28-12-10-25;/h17-19,24H,4-16H2,1-3H3,(H2,21,22,23);1H. The van der Waals surface area contributed by atoms with Gasteiger partial charge < -0.3 is 15.4 Å². The van der Waals surface area contributed by atoms with Crippen LogP contribution >= 0.6 is 24.0 Å². The Labute approximate surface area is 200 Å². The molecule has 0 radical (unpaired) electrons. The average molecular weight is 560 g/mol. The van der Waals surface area contributed by atoms with Gasteiger partial charge in [0.1, 0.15) is 0 Å². The molecule has 0 amide bonds. The van der Waals surface area contributed by atoms with Crippen LogP contribution in [-0.4, -0.2) is 83.6 Å². The van der Waals surface area contributed by atoms with Crippen molar-refractivity contribution >= 4 is 40.0 Å². The van der Waals surface area contributed by atoms with Gasteiger partial charge in [-0.05, 0) is 38.0 Å². The SMILES string of the molecule is CCNC(=NCC(CC(C)C)N1CCOCC1)NCCS(=O)(=O)NCC1CCC1.I. The van der Waals surface area contributed by atoms with Gasteiger partial charge in [0, 0.05) is 38.8 Å². The van der Waals surface area contributed by atoms with E-state index in [1.165, 1.54) is 6.42 Å². The molecule has 1 saturated carbocycles. The molecule has 10 heteroatoms. The molecule has 0 aromatic heterocycles. The van der Waals surface area contributed by atoms with Crippen LogP contribution < -0.4 is 15.4 Å². The number of hydrogen-bond acceptors (Lipinski definition) is 5. The largest absolute Gasteiger partial charge is 0.379 e. The van der Waals surface area contributed by atoms with Crippen molar-refractivity contribution in [3.05, 3.63) is 0 Å². The molecule has 1 unspecified atom stereocenters. The van der Waals surface area contributed by atoms with Gasteiger partial charge in [-0.3, -0.25) is 9.89 Å². The van der Waals surface area contributed by atoms with Crippen molar-refractivity contribution in [3.63, 3.8) is 0 Å². The van der Waals surface area contributed by atoms with Crippen LogP contribution in [0.15, 0.2) is 4.99 Å². The first-order valence-electron chi connectivity index (χ1n) is 11.2. The summed E-state index contributed by atoms with van der Waals surface area (Å²) in [7, 11) is -3.25. The van der Waals surface area contributed by atoms with Crippen molar-refractivity contribution in [3.8, 4) is 0 Å². The third-order valence-electron chi connectivity index (χ3n) is 5.59. The van der Waals surface area contributed by atoms with Crippen molar-refractivity contribution in [2.75, 3.05) is 58.2 Å². The topological polar surface area (TPSA) is 95.1 Å². The van der Waals surface area contributed by atoms with Crippen LogP contribution in [0.3, 0.4) is 0 Å². The Balaban J connectivity index is 0.00000450. The zero-order chi connectivity index (χ0) is 21.1. The van der Waals surface area contributed by atoms with E-state index in [2.05, 4.69) is 34.1 Å². The Morgan fingerprint density at radius 1 is 1.20 bits per heavy atom. The number of hydrogen-bond donors (Lipinski definition) is 3. The van der Waals surface area contributed by atoms with E-state index in [1.807, 2.05) is 6.92 Å². The van der Waals surface area contributed by atoms with Gasteiger partial charge in [0.15, 0.2) is 5.96 Å². The Morgan fingerprint density at radius 2 is 1.90 bits per heavy atom. The Bertz CT molecular complexity index is 593. The maximum atomic E-state index is 12.2. The van der Waals surface area contributed by atoms with E-state index in [-0.39, 0.29) is 29.7 Å². The molecule has 30 heavy (non-hydrogen) atoms. The summed E-state index contributed by atoms with van der Waals surface area (Å²) in [4.78, 5) is 7.22. The smallest absolute Gasteiger partial charge is 0.213 e. The van der Waals surface area contributed by atoms with E-state index >= 15 is 0 Å².